The van der Waals surface area contributed by atoms with Crippen LogP contribution in [0.4, 0.5) is 0 Å². The molecule has 22 nitrogen and oxygen atoms in total. The summed E-state index contributed by atoms with van der Waals surface area (Å²) < 4.78 is 39.2. The Balaban J connectivity index is 0.809. The Bertz CT molecular complexity index is 7180. The molecular weight excluding hydrogens is 1690 g/mol. The van der Waals surface area contributed by atoms with Crippen molar-refractivity contribution in [3.05, 3.63) is 310 Å². The number of aromatic nitrogens is 14. The summed E-state index contributed by atoms with van der Waals surface area (Å²) in [5, 5.41) is 0. The molecule has 0 saturated heterocycles. The van der Waals surface area contributed by atoms with E-state index in [-0.39, 0.29) is 37.6 Å². The highest BCUT2D eigenvalue weighted by atomic mass is 16.5. The van der Waals surface area contributed by atoms with Crippen LogP contribution < -0.4 is 0 Å². The summed E-state index contributed by atoms with van der Waals surface area (Å²) >= 11 is 0. The quantitative estimate of drug-likeness (QED) is 0.0121. The molecule has 6 aliphatic heterocycles. The molecule has 0 aliphatic carbocycles. The van der Waals surface area contributed by atoms with E-state index in [9.17, 15) is 9.59 Å². The molecule has 0 spiro atoms. The molecule has 22 heteroatoms. The summed E-state index contributed by atoms with van der Waals surface area (Å²) in [5.41, 5.74) is 35.9. The summed E-state index contributed by atoms with van der Waals surface area (Å²) in [6.07, 6.45) is 42.7. The second kappa shape index (κ2) is 40.9. The van der Waals surface area contributed by atoms with Crippen molar-refractivity contribution in [2.45, 2.75) is 77.0 Å². The van der Waals surface area contributed by atoms with Crippen molar-refractivity contribution in [2.24, 2.45) is 14.1 Å². The van der Waals surface area contributed by atoms with Gasteiger partial charge in [0.15, 0.2) is 0 Å². The highest BCUT2D eigenvalue weighted by Crippen LogP contribution is 2.44. The van der Waals surface area contributed by atoms with E-state index in [1.165, 1.54) is 14.2 Å². The zero-order valence-electron chi connectivity index (χ0n) is 77.1. The number of methoxy groups -OCH3 is 2. The third kappa shape index (κ3) is 18.9. The Labute approximate surface area is 788 Å². The number of rotatable bonds is 36. The van der Waals surface area contributed by atoms with Crippen LogP contribution in [0.3, 0.4) is 0 Å². The van der Waals surface area contributed by atoms with Crippen molar-refractivity contribution in [2.75, 3.05) is 67.1 Å². The molecule has 0 unspecified atom stereocenters. The fourth-order valence-corrected chi connectivity index (χ4v) is 19.1. The van der Waals surface area contributed by atoms with Crippen LogP contribution in [0.2, 0.25) is 0 Å². The Hall–Kier alpha value is -15.5. The number of H-pyrrole nitrogens is 6. The van der Waals surface area contributed by atoms with Gasteiger partial charge in [-0.25, -0.2) is 29.9 Å². The molecule has 13 aromatic rings. The minimum Gasteiger partial charge on any atom is -0.469 e. The number of esters is 2. The average Bonchev–Trinajstić information content (AvgIpc) is 1.67. The maximum Gasteiger partial charge on any atom is 0.305 e. The van der Waals surface area contributed by atoms with E-state index in [0.717, 1.165) is 238 Å². The van der Waals surface area contributed by atoms with Crippen LogP contribution >= 0.6 is 0 Å². The lowest BCUT2D eigenvalue weighted by Crippen LogP contribution is -2.03. The van der Waals surface area contributed by atoms with Crippen LogP contribution in [-0.4, -0.2) is 148 Å². The maximum atomic E-state index is 13.6. The molecule has 0 saturated carbocycles. The number of carbonyl (C=O) groups is 2. The first kappa shape index (κ1) is 89.7. The van der Waals surface area contributed by atoms with E-state index in [2.05, 4.69) is 298 Å². The Morgan fingerprint density at radius 3 is 0.735 bits per heavy atom. The van der Waals surface area contributed by atoms with Gasteiger partial charge in [0.05, 0.1) is 131 Å². The van der Waals surface area contributed by atoms with Gasteiger partial charge < -0.3 is 67.5 Å². The van der Waals surface area contributed by atoms with Gasteiger partial charge in [0.1, 0.15) is 0 Å². The van der Waals surface area contributed by atoms with E-state index in [4.69, 9.17) is 58.3 Å². The van der Waals surface area contributed by atoms with Crippen molar-refractivity contribution >= 4 is 151 Å². The minimum absolute atomic E-state index is 0.0678. The van der Waals surface area contributed by atoms with Gasteiger partial charge in [-0.2, -0.15) is 0 Å². The van der Waals surface area contributed by atoms with Gasteiger partial charge in [0, 0.05) is 188 Å². The molecule has 0 atom stereocenters. The van der Waals surface area contributed by atoms with Crippen molar-refractivity contribution in [3.63, 3.8) is 0 Å². The Kier molecular flexibility index (Phi) is 27.0. The molecule has 19 rings (SSSR count). The van der Waals surface area contributed by atoms with Crippen LogP contribution in [0, 0.1) is 0 Å². The van der Waals surface area contributed by atoms with Gasteiger partial charge in [0.2, 0.25) is 0 Å². The van der Waals surface area contributed by atoms with E-state index >= 15 is 0 Å². The lowest BCUT2D eigenvalue weighted by Gasteiger charge is -2.10. The van der Waals surface area contributed by atoms with Gasteiger partial charge in [-0.1, -0.05) is 60.7 Å². The summed E-state index contributed by atoms with van der Waals surface area (Å²) in [5.74, 6) is -0.730. The number of nitrogens with zero attached hydrogens (tertiary/aromatic N) is 8. The largest absolute Gasteiger partial charge is 0.469 e. The van der Waals surface area contributed by atoms with Crippen LogP contribution in [0.1, 0.15) is 140 Å². The van der Waals surface area contributed by atoms with Crippen LogP contribution in [0.5, 0.6) is 0 Å². The third-order valence-corrected chi connectivity index (χ3v) is 25.6. The lowest BCUT2D eigenvalue weighted by atomic mass is 9.97. The van der Waals surface area contributed by atoms with Crippen molar-refractivity contribution in [1.29, 1.82) is 0 Å². The predicted octanol–water partition coefficient (Wildman–Crippen LogP) is 24.0. The van der Waals surface area contributed by atoms with E-state index in [1.54, 1.807) is 24.3 Å². The van der Waals surface area contributed by atoms with Gasteiger partial charge in [-0.05, 0) is 269 Å². The molecule has 6 N–H and O–H groups in total. The second-order valence-electron chi connectivity index (χ2n) is 34.3. The number of carbonyl (C=O) groups excluding carboxylic acids is 2. The molecule has 0 amide bonds. The van der Waals surface area contributed by atoms with Gasteiger partial charge in [-0.3, -0.25) is 9.59 Å². The summed E-state index contributed by atoms with van der Waals surface area (Å²) in [6.45, 7) is 19.6. The van der Waals surface area contributed by atoms with E-state index < -0.39 is 0 Å². The number of fused-ring (bicyclic) bond motifs is 24. The standard InChI is InChI=1S/C114H108N14O8/c1-9-61-133-65-17-25-75-81-33-45-93(115-81)109(94-46-34-82(116-94)76(26-18-66-134-62-10-2)86-42-54-102(124-86)113(101-53-41-85(75)123-101)105-29-15-59-127(105)5)71-21-13-23-73(69-71)111-97-49-37-89(119-97)79(31-57-107(129)131-7)91-39-51-99(121-91)112(100-52-40-92(122-100)80(32-58-108(130)132-8)90-38-50-98(111)120-90)74-24-14-22-72(70-74)110-95-47-35-83(117-95)77(27-19-67-135-63-11-3)87-43-55-103(125-87)114(106-30-16-60-128(106)6)104-56-44-88(126-104)78(28-20-68-136-64-12-4)84-36-48-96(110)118-84/h9-16,21-24,29-30,33-56,59-60,69-70,115,117,119,122,124,126H,1-4,17-20,25-28,31-32,57-58,61-68H2,5-8H3. The number of hydrogen-bond acceptors (Lipinski definition) is 14. The van der Waals surface area contributed by atoms with Gasteiger partial charge in [-0.15, -0.1) is 26.3 Å². The fourth-order valence-electron chi connectivity index (χ4n) is 19.1. The smallest absolute Gasteiger partial charge is 0.305 e. The highest BCUT2D eigenvalue weighted by molar-refractivity contribution is 6.02. The first-order valence-electron chi connectivity index (χ1n) is 46.6. The number of aromatic amines is 6. The molecular formula is C114H108N14O8. The van der Waals surface area contributed by atoms with Crippen LogP contribution in [0.15, 0.2) is 209 Å². The van der Waals surface area contributed by atoms with Crippen LogP contribution in [0.25, 0.3) is 206 Å². The number of hydrogen-bond donors (Lipinski definition) is 6. The maximum absolute atomic E-state index is 13.6. The number of ether oxygens (including phenoxy) is 6. The van der Waals surface area contributed by atoms with E-state index in [0.29, 0.717) is 101 Å². The minimum atomic E-state index is -0.365. The summed E-state index contributed by atoms with van der Waals surface area (Å²) in [6, 6.07) is 51.1. The normalized spacial score (nSPS) is 12.4. The zero-order chi connectivity index (χ0) is 93.1. The lowest BCUT2D eigenvalue weighted by molar-refractivity contribution is -0.141. The molecule has 136 heavy (non-hydrogen) atoms. The first-order valence-corrected chi connectivity index (χ1v) is 46.6. The molecule has 6 aliphatic rings. The highest BCUT2D eigenvalue weighted by Gasteiger charge is 2.27. The molecule has 0 radical (unpaired) electrons. The molecule has 0 fully saturated rings. The van der Waals surface area contributed by atoms with Gasteiger partial charge >= 0.3 is 11.9 Å². The SMILES string of the molecule is C=CCOCCCc1c2nc(c(-c3cccn3C)c3ccc([nH]3)c(CCCOCC=C)c3nc(c(-c4cccc(-c5c6nc(c(CCC(=O)OC)c7ccc([nH]7)c(-c7cccc(-c8c9nc(c(CCCOCC=C)c%10ccc([nH]%10)c(-c%10cccn%10C)c%10nc(c(CCCOCC=C)c%11ccc8[nH]%11)C=C%10)C=C9)c7)c7nc(c(CCC(=O)OC)c8ccc5[nH]8)C=C7)C=C6)c4)c4ccc1[nH]4)C=C3)C=C2. The van der Waals surface area contributed by atoms with Crippen LogP contribution in [-0.2, 0) is 90.6 Å². The second-order valence-corrected chi connectivity index (χ2v) is 34.3. The van der Waals surface area contributed by atoms with E-state index in [1.807, 2.05) is 12.2 Å². The number of aryl methyl sites for hydroxylation is 8. The summed E-state index contributed by atoms with van der Waals surface area (Å²) in [4.78, 5) is 84.7. The topological polar surface area (TPSA) is 271 Å². The van der Waals surface area contributed by atoms with Crippen molar-refractivity contribution < 1.29 is 38.0 Å². The zero-order valence-corrected chi connectivity index (χ0v) is 77.1. The van der Waals surface area contributed by atoms with Crippen molar-refractivity contribution in [3.8, 4) is 67.0 Å². The average molecular weight is 1800 g/mol. The molecule has 24 bridgehead atoms. The molecule has 11 aromatic heterocycles. The number of benzene rings is 2. The third-order valence-electron chi connectivity index (χ3n) is 25.6. The molecule has 682 valence electrons. The fraction of sp³-hybridized carbons (Fsp3) is 0.211. The van der Waals surface area contributed by atoms with Crippen molar-refractivity contribution in [1.82, 2.24) is 68.9 Å². The van der Waals surface area contributed by atoms with Gasteiger partial charge in [0.25, 0.3) is 0 Å². The summed E-state index contributed by atoms with van der Waals surface area (Å²) in [7, 11) is 6.97. The molecule has 2 aromatic carbocycles. The molecule has 17 heterocycles. The predicted molar refractivity (Wildman–Crippen MR) is 552 cm³/mol. The monoisotopic (exact) mass is 1800 g/mol. The number of nitrogens with one attached hydrogen (secondary N) is 6. The first-order chi connectivity index (χ1) is 66.8. The Morgan fingerprint density at radius 1 is 0.287 bits per heavy atom. The Morgan fingerprint density at radius 2 is 0.507 bits per heavy atom.